The largest absolute Gasteiger partial charge is 0.321 e. The lowest BCUT2D eigenvalue weighted by Gasteiger charge is -2.08. The first-order valence-corrected chi connectivity index (χ1v) is 8.13. The van der Waals surface area contributed by atoms with E-state index < -0.39 is 20.8 Å². The molecule has 1 N–H and O–H groups in total. The summed E-state index contributed by atoms with van der Waals surface area (Å²) >= 11 is 5.86. The Bertz CT molecular complexity index is 812. The number of benzene rings is 1. The molecular formula is C12H7Cl2FN2O3S. The number of halogens is 3. The molecule has 2 aromatic rings. The Morgan fingerprint density at radius 3 is 2.57 bits per heavy atom. The average molecular weight is 349 g/mol. The van der Waals surface area contributed by atoms with Gasteiger partial charge in [-0.05, 0) is 24.3 Å². The summed E-state index contributed by atoms with van der Waals surface area (Å²) in [6, 6.07) is 4.72. The normalized spacial score (nSPS) is 11.2. The number of pyridine rings is 1. The lowest BCUT2D eigenvalue weighted by molar-refractivity contribution is 0.102. The number of nitrogens with zero attached hydrogens (tertiary/aromatic N) is 1. The molecule has 0 spiro atoms. The lowest BCUT2D eigenvalue weighted by atomic mass is 10.2. The predicted molar refractivity (Wildman–Crippen MR) is 76.6 cm³/mol. The maximum Gasteiger partial charge on any atom is 0.261 e. The van der Waals surface area contributed by atoms with Crippen LogP contribution in [0.1, 0.15) is 10.4 Å². The van der Waals surface area contributed by atoms with Crippen LogP contribution in [0.15, 0.2) is 41.6 Å². The van der Waals surface area contributed by atoms with E-state index in [9.17, 15) is 17.6 Å². The van der Waals surface area contributed by atoms with Crippen LogP contribution in [0.2, 0.25) is 5.02 Å². The van der Waals surface area contributed by atoms with Gasteiger partial charge in [-0.3, -0.25) is 9.78 Å². The molecule has 1 aromatic heterocycles. The molecule has 0 fully saturated rings. The molecule has 0 aliphatic rings. The minimum Gasteiger partial charge on any atom is -0.321 e. The summed E-state index contributed by atoms with van der Waals surface area (Å²) in [6.45, 7) is 0. The van der Waals surface area contributed by atoms with E-state index in [1.54, 1.807) is 0 Å². The summed E-state index contributed by atoms with van der Waals surface area (Å²) in [5.41, 5.74) is -0.0861. The number of anilines is 1. The van der Waals surface area contributed by atoms with Gasteiger partial charge in [0.25, 0.3) is 15.0 Å². The van der Waals surface area contributed by atoms with Crippen molar-refractivity contribution in [1.29, 1.82) is 0 Å². The summed E-state index contributed by atoms with van der Waals surface area (Å²) in [5.74, 6) is -1.52. The van der Waals surface area contributed by atoms with E-state index in [1.807, 2.05) is 0 Å². The van der Waals surface area contributed by atoms with Crippen molar-refractivity contribution in [3.63, 3.8) is 0 Å². The monoisotopic (exact) mass is 348 g/mol. The first-order valence-electron chi connectivity index (χ1n) is 5.44. The van der Waals surface area contributed by atoms with Crippen molar-refractivity contribution in [2.75, 3.05) is 5.32 Å². The van der Waals surface area contributed by atoms with E-state index in [0.717, 1.165) is 12.3 Å². The average Bonchev–Trinajstić information content (AvgIpc) is 2.40. The molecule has 1 amide bonds. The van der Waals surface area contributed by atoms with Crippen LogP contribution in [0, 0.1) is 5.82 Å². The van der Waals surface area contributed by atoms with Crippen molar-refractivity contribution < 1.29 is 17.6 Å². The minimum atomic E-state index is -3.92. The first kappa shape index (κ1) is 15.7. The third-order valence-electron chi connectivity index (χ3n) is 2.49. The number of hydrogen-bond acceptors (Lipinski definition) is 4. The number of nitrogens with one attached hydrogen (secondary N) is 1. The van der Waals surface area contributed by atoms with Crippen LogP contribution in [0.25, 0.3) is 0 Å². The summed E-state index contributed by atoms with van der Waals surface area (Å²) in [5, 5.41) is 2.33. The highest BCUT2D eigenvalue weighted by Crippen LogP contribution is 2.27. The van der Waals surface area contributed by atoms with Gasteiger partial charge in [0, 0.05) is 16.9 Å². The van der Waals surface area contributed by atoms with E-state index in [2.05, 4.69) is 10.3 Å². The summed E-state index contributed by atoms with van der Waals surface area (Å²) in [7, 11) is 1.25. The molecule has 1 heterocycles. The van der Waals surface area contributed by atoms with Gasteiger partial charge in [-0.25, -0.2) is 12.8 Å². The van der Waals surface area contributed by atoms with Crippen molar-refractivity contribution in [2.45, 2.75) is 4.90 Å². The van der Waals surface area contributed by atoms with Gasteiger partial charge in [-0.15, -0.1) is 0 Å². The summed E-state index contributed by atoms with van der Waals surface area (Å²) < 4.78 is 35.7. The second kappa shape index (κ2) is 5.97. The molecule has 0 aliphatic heterocycles. The van der Waals surface area contributed by atoms with Crippen molar-refractivity contribution in [1.82, 2.24) is 4.98 Å². The number of aromatic nitrogens is 1. The SMILES string of the molecule is O=C(Nc1ccc(S(=O)(=O)Cl)cc1Cl)c1ccncc1F. The Morgan fingerprint density at radius 2 is 2.00 bits per heavy atom. The summed E-state index contributed by atoms with van der Waals surface area (Å²) in [4.78, 5) is 15.2. The van der Waals surface area contributed by atoms with Gasteiger partial charge in [0.2, 0.25) is 0 Å². The van der Waals surface area contributed by atoms with E-state index >= 15 is 0 Å². The predicted octanol–water partition coefficient (Wildman–Crippen LogP) is 3.05. The maximum atomic E-state index is 13.4. The topological polar surface area (TPSA) is 76.1 Å². The molecule has 0 radical (unpaired) electrons. The highest BCUT2D eigenvalue weighted by molar-refractivity contribution is 8.13. The Labute approximate surface area is 129 Å². The molecule has 110 valence electrons. The van der Waals surface area contributed by atoms with Crippen LogP contribution < -0.4 is 5.32 Å². The highest BCUT2D eigenvalue weighted by Gasteiger charge is 2.16. The molecule has 0 saturated heterocycles. The number of hydrogen-bond donors (Lipinski definition) is 1. The number of amides is 1. The second-order valence-electron chi connectivity index (χ2n) is 3.89. The molecule has 0 bridgehead atoms. The third-order valence-corrected chi connectivity index (χ3v) is 4.15. The van der Waals surface area contributed by atoms with Gasteiger partial charge >= 0.3 is 0 Å². The zero-order chi connectivity index (χ0) is 15.6. The van der Waals surface area contributed by atoms with Gasteiger partial charge in [-0.2, -0.15) is 0 Å². The van der Waals surface area contributed by atoms with Gasteiger partial charge in [0.05, 0.1) is 27.4 Å². The Morgan fingerprint density at radius 1 is 1.29 bits per heavy atom. The smallest absolute Gasteiger partial charge is 0.261 e. The fraction of sp³-hybridized carbons (Fsp3) is 0. The highest BCUT2D eigenvalue weighted by atomic mass is 35.7. The Hall–Kier alpha value is -1.70. The van der Waals surface area contributed by atoms with Gasteiger partial charge in [0.15, 0.2) is 5.82 Å². The van der Waals surface area contributed by atoms with Crippen LogP contribution in [-0.2, 0) is 9.05 Å². The molecule has 5 nitrogen and oxygen atoms in total. The molecule has 2 rings (SSSR count). The second-order valence-corrected chi connectivity index (χ2v) is 6.86. The van der Waals surface area contributed by atoms with E-state index in [1.165, 1.54) is 24.4 Å². The quantitative estimate of drug-likeness (QED) is 0.864. The zero-order valence-electron chi connectivity index (χ0n) is 10.2. The van der Waals surface area contributed by atoms with E-state index in [4.69, 9.17) is 22.3 Å². The molecule has 21 heavy (non-hydrogen) atoms. The molecule has 9 heteroatoms. The van der Waals surface area contributed by atoms with Crippen molar-refractivity contribution in [2.24, 2.45) is 0 Å². The molecule has 0 atom stereocenters. The zero-order valence-corrected chi connectivity index (χ0v) is 12.5. The van der Waals surface area contributed by atoms with Crippen LogP contribution in [0.3, 0.4) is 0 Å². The van der Waals surface area contributed by atoms with Crippen molar-refractivity contribution >= 4 is 42.9 Å². The van der Waals surface area contributed by atoms with E-state index in [0.29, 0.717) is 0 Å². The standard InChI is InChI=1S/C12H7Cl2FN2O3S/c13-9-5-7(21(14,19)20)1-2-11(9)17-12(18)8-3-4-16-6-10(8)15/h1-6H,(H,17,18). The van der Waals surface area contributed by atoms with Crippen LogP contribution in [0.4, 0.5) is 10.1 Å². The van der Waals surface area contributed by atoms with Crippen LogP contribution in [-0.4, -0.2) is 19.3 Å². The number of carbonyl (C=O) groups excluding carboxylic acids is 1. The van der Waals surface area contributed by atoms with Gasteiger partial charge in [-0.1, -0.05) is 11.6 Å². The molecule has 0 saturated carbocycles. The Balaban J connectivity index is 2.29. The summed E-state index contributed by atoms with van der Waals surface area (Å²) in [6.07, 6.45) is 2.17. The fourth-order valence-electron chi connectivity index (χ4n) is 1.50. The third kappa shape index (κ3) is 3.69. The number of carbonyl (C=O) groups is 1. The molecular weight excluding hydrogens is 342 g/mol. The first-order chi connectivity index (χ1) is 9.79. The molecule has 0 unspecified atom stereocenters. The maximum absolute atomic E-state index is 13.4. The number of rotatable bonds is 3. The fourth-order valence-corrected chi connectivity index (χ4v) is 2.57. The molecule has 1 aromatic carbocycles. The Kier molecular flexibility index (Phi) is 4.46. The van der Waals surface area contributed by atoms with Gasteiger partial charge < -0.3 is 5.32 Å². The van der Waals surface area contributed by atoms with Crippen LogP contribution in [0.5, 0.6) is 0 Å². The minimum absolute atomic E-state index is 0.0421. The lowest BCUT2D eigenvalue weighted by Crippen LogP contribution is -2.14. The van der Waals surface area contributed by atoms with Gasteiger partial charge in [0.1, 0.15) is 0 Å². The van der Waals surface area contributed by atoms with Crippen LogP contribution >= 0.6 is 22.3 Å². The van der Waals surface area contributed by atoms with Crippen molar-refractivity contribution in [3.8, 4) is 0 Å². The van der Waals surface area contributed by atoms with E-state index in [-0.39, 0.29) is 21.2 Å². The van der Waals surface area contributed by atoms with Crippen molar-refractivity contribution in [3.05, 3.63) is 53.1 Å². The molecule has 0 aliphatic carbocycles.